The van der Waals surface area contributed by atoms with Gasteiger partial charge in [0.2, 0.25) is 5.91 Å². The zero-order valence-electron chi connectivity index (χ0n) is 10.3. The van der Waals surface area contributed by atoms with E-state index in [1.807, 2.05) is 0 Å². The van der Waals surface area contributed by atoms with Gasteiger partial charge in [0.05, 0.1) is 17.8 Å². The highest BCUT2D eigenvalue weighted by Gasteiger charge is 2.41. The Morgan fingerprint density at radius 1 is 1.30 bits per heavy atom. The van der Waals surface area contributed by atoms with Crippen LogP contribution in [-0.4, -0.2) is 22.3 Å². The number of alkyl halides is 3. The van der Waals surface area contributed by atoms with E-state index in [1.54, 1.807) is 6.07 Å². The molecule has 0 spiro atoms. The maximum Gasteiger partial charge on any atom is 0.396 e. The molecule has 2 rings (SSSR count). The van der Waals surface area contributed by atoms with Crippen molar-refractivity contribution >= 4 is 11.6 Å². The molecule has 106 valence electrons. The third-order valence-corrected chi connectivity index (χ3v) is 2.77. The van der Waals surface area contributed by atoms with Gasteiger partial charge < -0.3 is 5.32 Å². The van der Waals surface area contributed by atoms with E-state index in [0.29, 0.717) is 5.69 Å². The molecule has 0 aliphatic rings. The van der Waals surface area contributed by atoms with E-state index in [0.717, 1.165) is 0 Å². The fourth-order valence-corrected chi connectivity index (χ4v) is 1.82. The van der Waals surface area contributed by atoms with E-state index in [4.69, 9.17) is 0 Å². The minimum absolute atomic E-state index is 0.0716. The lowest BCUT2D eigenvalue weighted by atomic mass is 9.95. The van der Waals surface area contributed by atoms with E-state index in [1.165, 1.54) is 36.7 Å². The zero-order valence-corrected chi connectivity index (χ0v) is 10.3. The van der Waals surface area contributed by atoms with Gasteiger partial charge in [-0.15, -0.1) is 0 Å². The fraction of sp³-hybridized carbons (Fsp3) is 0.231. The maximum atomic E-state index is 13.0. The van der Waals surface area contributed by atoms with Gasteiger partial charge in [0.1, 0.15) is 0 Å². The van der Waals surface area contributed by atoms with Gasteiger partial charge in [0.25, 0.3) is 0 Å². The molecule has 0 radical (unpaired) electrons. The first-order valence-electron chi connectivity index (χ1n) is 5.87. The first-order valence-corrected chi connectivity index (χ1v) is 5.87. The van der Waals surface area contributed by atoms with Gasteiger partial charge in [-0.1, -0.05) is 30.3 Å². The summed E-state index contributed by atoms with van der Waals surface area (Å²) in [7, 11) is 0. The van der Waals surface area contributed by atoms with Crippen molar-refractivity contribution in [1.82, 2.24) is 10.2 Å². The summed E-state index contributed by atoms with van der Waals surface area (Å²) in [5.74, 6) is -2.53. The minimum atomic E-state index is -4.48. The number of halogens is 3. The highest BCUT2D eigenvalue weighted by atomic mass is 19.4. The first-order chi connectivity index (χ1) is 9.47. The van der Waals surface area contributed by atoms with Crippen molar-refractivity contribution in [3.63, 3.8) is 0 Å². The number of carbonyl (C=O) groups excluding carboxylic acids is 1. The summed E-state index contributed by atoms with van der Waals surface area (Å²) in [6.07, 6.45) is -2.43. The molecule has 1 aromatic carbocycles. The van der Waals surface area contributed by atoms with Crippen LogP contribution in [0.5, 0.6) is 0 Å². The van der Waals surface area contributed by atoms with Gasteiger partial charge in [0, 0.05) is 12.6 Å². The smallest absolute Gasteiger partial charge is 0.323 e. The SMILES string of the molecule is O=C(C[C@H](c1ccccc1)C(F)(F)F)Nc1cn[nH]c1. The Labute approximate surface area is 113 Å². The largest absolute Gasteiger partial charge is 0.396 e. The third kappa shape index (κ3) is 3.59. The summed E-state index contributed by atoms with van der Waals surface area (Å²) in [5.41, 5.74) is 0.409. The number of H-pyrrole nitrogens is 1. The molecule has 0 aliphatic carbocycles. The average Bonchev–Trinajstić information content (AvgIpc) is 2.88. The number of nitrogens with one attached hydrogen (secondary N) is 2. The molecule has 0 fully saturated rings. The highest BCUT2D eigenvalue weighted by molar-refractivity contribution is 5.91. The minimum Gasteiger partial charge on any atom is -0.323 e. The highest BCUT2D eigenvalue weighted by Crippen LogP contribution is 2.37. The van der Waals surface area contributed by atoms with Crippen molar-refractivity contribution in [2.24, 2.45) is 0 Å². The lowest BCUT2D eigenvalue weighted by Gasteiger charge is -2.20. The summed E-state index contributed by atoms with van der Waals surface area (Å²) in [6, 6.07) is 7.39. The number of carbonyl (C=O) groups is 1. The number of aromatic amines is 1. The molecule has 0 saturated carbocycles. The normalized spacial score (nSPS) is 12.9. The Morgan fingerprint density at radius 3 is 2.55 bits per heavy atom. The van der Waals surface area contributed by atoms with Gasteiger partial charge >= 0.3 is 6.18 Å². The maximum absolute atomic E-state index is 13.0. The van der Waals surface area contributed by atoms with Crippen molar-refractivity contribution in [3.05, 3.63) is 48.3 Å². The van der Waals surface area contributed by atoms with E-state index >= 15 is 0 Å². The molecular formula is C13H12F3N3O. The summed E-state index contributed by atoms with van der Waals surface area (Å²) in [4.78, 5) is 11.7. The van der Waals surface area contributed by atoms with Crippen molar-refractivity contribution in [3.8, 4) is 0 Å². The van der Waals surface area contributed by atoms with Crippen LogP contribution in [0.2, 0.25) is 0 Å². The van der Waals surface area contributed by atoms with Crippen LogP contribution < -0.4 is 5.32 Å². The van der Waals surface area contributed by atoms with Crippen LogP contribution >= 0.6 is 0 Å². The van der Waals surface area contributed by atoms with Crippen LogP contribution in [0.4, 0.5) is 18.9 Å². The molecule has 1 aromatic heterocycles. The van der Waals surface area contributed by atoms with Gasteiger partial charge in [-0.3, -0.25) is 9.89 Å². The molecule has 7 heteroatoms. The Bertz CT molecular complexity index is 552. The molecule has 20 heavy (non-hydrogen) atoms. The van der Waals surface area contributed by atoms with E-state index in [2.05, 4.69) is 15.5 Å². The molecule has 0 unspecified atom stereocenters. The molecule has 2 N–H and O–H groups in total. The molecule has 1 heterocycles. The third-order valence-electron chi connectivity index (χ3n) is 2.77. The van der Waals surface area contributed by atoms with Crippen LogP contribution in [0.25, 0.3) is 0 Å². The number of hydrogen-bond acceptors (Lipinski definition) is 2. The second kappa shape index (κ2) is 5.77. The molecule has 1 amide bonds. The van der Waals surface area contributed by atoms with Gasteiger partial charge in [-0.05, 0) is 5.56 Å². The van der Waals surface area contributed by atoms with E-state index < -0.39 is 24.4 Å². The lowest BCUT2D eigenvalue weighted by molar-refractivity contribution is -0.155. The van der Waals surface area contributed by atoms with Crippen molar-refractivity contribution in [2.45, 2.75) is 18.5 Å². The van der Waals surface area contributed by atoms with Crippen LogP contribution in [-0.2, 0) is 4.79 Å². The van der Waals surface area contributed by atoms with E-state index in [9.17, 15) is 18.0 Å². The molecule has 0 saturated heterocycles. The number of rotatable bonds is 4. The number of aromatic nitrogens is 2. The van der Waals surface area contributed by atoms with Crippen LogP contribution in [0.1, 0.15) is 17.9 Å². The Balaban J connectivity index is 2.11. The Hall–Kier alpha value is -2.31. The first kappa shape index (κ1) is 14.1. The second-order valence-electron chi connectivity index (χ2n) is 4.24. The standard InChI is InChI=1S/C13H12F3N3O/c14-13(15,16)11(9-4-2-1-3-5-9)6-12(20)19-10-7-17-18-8-10/h1-5,7-8,11H,6H2,(H,17,18)(H,19,20)/t11-/m1/s1. The molecule has 2 aromatic rings. The van der Waals surface area contributed by atoms with Crippen LogP contribution in [0, 0.1) is 0 Å². The zero-order chi connectivity index (χ0) is 14.6. The number of amides is 1. The second-order valence-corrected chi connectivity index (χ2v) is 4.24. The number of benzene rings is 1. The van der Waals surface area contributed by atoms with Crippen molar-refractivity contribution in [2.75, 3.05) is 5.32 Å². The molecule has 0 bridgehead atoms. The van der Waals surface area contributed by atoms with Crippen molar-refractivity contribution < 1.29 is 18.0 Å². The Kier molecular flexibility index (Phi) is 4.07. The molecule has 1 atom stereocenters. The van der Waals surface area contributed by atoms with Crippen LogP contribution in [0.3, 0.4) is 0 Å². The molecule has 0 aliphatic heterocycles. The van der Waals surface area contributed by atoms with Crippen LogP contribution in [0.15, 0.2) is 42.7 Å². The average molecular weight is 283 g/mol. The molecular weight excluding hydrogens is 271 g/mol. The number of nitrogens with zero attached hydrogens (tertiary/aromatic N) is 1. The van der Waals surface area contributed by atoms with Gasteiger partial charge in [-0.2, -0.15) is 18.3 Å². The number of anilines is 1. The van der Waals surface area contributed by atoms with E-state index in [-0.39, 0.29) is 5.56 Å². The summed E-state index contributed by atoms with van der Waals surface area (Å²) in [5, 5.41) is 8.42. The summed E-state index contributed by atoms with van der Waals surface area (Å²) in [6.45, 7) is 0. The summed E-state index contributed by atoms with van der Waals surface area (Å²) >= 11 is 0. The fourth-order valence-electron chi connectivity index (χ4n) is 1.82. The lowest BCUT2D eigenvalue weighted by Crippen LogP contribution is -2.26. The quantitative estimate of drug-likeness (QED) is 0.906. The topological polar surface area (TPSA) is 57.8 Å². The monoisotopic (exact) mass is 283 g/mol. The van der Waals surface area contributed by atoms with Gasteiger partial charge in [-0.25, -0.2) is 0 Å². The predicted octanol–water partition coefficient (Wildman–Crippen LogP) is 3.08. The van der Waals surface area contributed by atoms with Crippen molar-refractivity contribution in [1.29, 1.82) is 0 Å². The summed E-state index contributed by atoms with van der Waals surface area (Å²) < 4.78 is 39.1. The molecule has 4 nitrogen and oxygen atoms in total. The van der Waals surface area contributed by atoms with Gasteiger partial charge in [0.15, 0.2) is 0 Å². The Morgan fingerprint density at radius 2 is 2.00 bits per heavy atom. The predicted molar refractivity (Wildman–Crippen MR) is 67.1 cm³/mol. The number of hydrogen-bond donors (Lipinski definition) is 2.